The summed E-state index contributed by atoms with van der Waals surface area (Å²) in [4.78, 5) is 28.6. The predicted molar refractivity (Wildman–Crippen MR) is 150 cm³/mol. The summed E-state index contributed by atoms with van der Waals surface area (Å²) in [7, 11) is 0. The average Bonchev–Trinajstić information content (AvgIpc) is 3.12. The normalized spacial score (nSPS) is 23.1. The molecule has 11 heteroatoms. The van der Waals surface area contributed by atoms with Crippen molar-refractivity contribution >= 4 is 50.3 Å². The molecule has 0 spiro atoms. The number of hydrogen-bond donors (Lipinski definition) is 0. The molecule has 8 nitrogen and oxygen atoms in total. The second-order valence-electron chi connectivity index (χ2n) is 11.7. The molecule has 3 atom stereocenters. The zero-order chi connectivity index (χ0) is 27.2. The third-order valence-electron chi connectivity index (χ3n) is 7.44. The van der Waals surface area contributed by atoms with Gasteiger partial charge in [-0.15, -0.1) is 0 Å². The SMILES string of the molecule is CC(CN1CCCCC1)Oc1nc(N2CC3CCC(C2)N3C(=O)OC(C)(C)C)c2cc(Cl)c(Br)c(F)c2n1. The van der Waals surface area contributed by atoms with E-state index in [1.807, 2.05) is 32.6 Å². The molecule has 3 fully saturated rings. The van der Waals surface area contributed by atoms with Crippen molar-refractivity contribution in [3.8, 4) is 6.01 Å². The highest BCUT2D eigenvalue weighted by Gasteiger charge is 2.45. The van der Waals surface area contributed by atoms with Crippen molar-refractivity contribution in [2.45, 2.75) is 83.6 Å². The van der Waals surface area contributed by atoms with Gasteiger partial charge < -0.3 is 14.4 Å². The highest BCUT2D eigenvalue weighted by atomic mass is 79.9. The number of ether oxygens (including phenoxy) is 2. The van der Waals surface area contributed by atoms with E-state index in [1.54, 1.807) is 6.07 Å². The summed E-state index contributed by atoms with van der Waals surface area (Å²) in [5.41, 5.74) is -0.400. The lowest BCUT2D eigenvalue weighted by Crippen LogP contribution is -2.57. The van der Waals surface area contributed by atoms with Crippen molar-refractivity contribution in [1.82, 2.24) is 19.8 Å². The number of carbonyl (C=O) groups is 1. The molecule has 0 saturated carbocycles. The summed E-state index contributed by atoms with van der Waals surface area (Å²) >= 11 is 9.62. The first-order valence-electron chi connectivity index (χ1n) is 13.5. The summed E-state index contributed by atoms with van der Waals surface area (Å²) in [6.45, 7) is 11.6. The topological polar surface area (TPSA) is 71.0 Å². The molecule has 208 valence electrons. The Morgan fingerprint density at radius 3 is 2.47 bits per heavy atom. The first kappa shape index (κ1) is 27.6. The molecule has 3 aliphatic heterocycles. The molecule has 0 aliphatic carbocycles. The van der Waals surface area contributed by atoms with E-state index in [1.165, 1.54) is 19.3 Å². The number of carbonyl (C=O) groups excluding carboxylic acids is 1. The first-order chi connectivity index (χ1) is 18.0. The maximum Gasteiger partial charge on any atom is 0.410 e. The van der Waals surface area contributed by atoms with Gasteiger partial charge in [0.1, 0.15) is 23.0 Å². The summed E-state index contributed by atoms with van der Waals surface area (Å²) < 4.78 is 27.4. The van der Waals surface area contributed by atoms with Gasteiger partial charge in [-0.3, -0.25) is 9.80 Å². The fraction of sp³-hybridized carbons (Fsp3) is 0.667. The minimum Gasteiger partial charge on any atom is -0.459 e. The average molecular weight is 613 g/mol. The van der Waals surface area contributed by atoms with E-state index < -0.39 is 11.4 Å². The molecule has 4 heterocycles. The third-order valence-corrected chi connectivity index (χ3v) is 8.74. The van der Waals surface area contributed by atoms with Crippen LogP contribution >= 0.6 is 27.5 Å². The number of rotatable bonds is 5. The molecule has 3 saturated heterocycles. The number of hydrogen-bond acceptors (Lipinski definition) is 7. The van der Waals surface area contributed by atoms with E-state index in [0.717, 1.165) is 32.5 Å². The molecule has 1 aromatic carbocycles. The van der Waals surface area contributed by atoms with E-state index in [9.17, 15) is 4.79 Å². The van der Waals surface area contributed by atoms with Gasteiger partial charge in [0.15, 0.2) is 5.82 Å². The summed E-state index contributed by atoms with van der Waals surface area (Å²) in [5.74, 6) is 0.0317. The van der Waals surface area contributed by atoms with Gasteiger partial charge >= 0.3 is 12.1 Å². The van der Waals surface area contributed by atoms with E-state index >= 15 is 4.39 Å². The molecule has 1 amide bonds. The second-order valence-corrected chi connectivity index (χ2v) is 12.9. The van der Waals surface area contributed by atoms with Crippen LogP contribution in [0.2, 0.25) is 5.02 Å². The van der Waals surface area contributed by atoms with Crippen LogP contribution in [0.1, 0.15) is 59.8 Å². The number of nitrogens with zero attached hydrogens (tertiary/aromatic N) is 5. The van der Waals surface area contributed by atoms with Gasteiger partial charge in [-0.05, 0) is 88.5 Å². The first-order valence-corrected chi connectivity index (χ1v) is 14.7. The van der Waals surface area contributed by atoms with Crippen LogP contribution in [0.25, 0.3) is 10.9 Å². The van der Waals surface area contributed by atoms with E-state index in [2.05, 4.69) is 30.7 Å². The van der Waals surface area contributed by atoms with Gasteiger partial charge in [0, 0.05) is 25.0 Å². The Balaban J connectivity index is 1.44. The van der Waals surface area contributed by atoms with Crippen LogP contribution < -0.4 is 9.64 Å². The predicted octanol–water partition coefficient (Wildman–Crippen LogP) is 6.03. The smallest absolute Gasteiger partial charge is 0.410 e. The van der Waals surface area contributed by atoms with Crippen molar-refractivity contribution < 1.29 is 18.7 Å². The molecular formula is C27H36BrClFN5O3. The standard InChI is InChI=1S/C27H36BrClFN5O3/c1-16(13-33-10-6-5-7-11-33)37-25-31-23-19(12-20(29)21(28)22(23)30)24(32-25)34-14-17-8-9-18(15-34)35(17)26(36)38-27(2,3)4/h12,16-18H,5-11,13-15H2,1-4H3. The van der Waals surface area contributed by atoms with Crippen molar-refractivity contribution in [2.75, 3.05) is 37.6 Å². The maximum absolute atomic E-state index is 15.4. The molecule has 38 heavy (non-hydrogen) atoms. The minimum absolute atomic E-state index is 0.0215. The van der Waals surface area contributed by atoms with Crippen molar-refractivity contribution in [2.24, 2.45) is 0 Å². The largest absolute Gasteiger partial charge is 0.459 e. The third kappa shape index (κ3) is 5.82. The second kappa shape index (κ2) is 10.9. The minimum atomic E-state index is -0.560. The number of amides is 1. The van der Waals surface area contributed by atoms with Gasteiger partial charge in [0.2, 0.25) is 0 Å². The highest BCUT2D eigenvalue weighted by Crippen LogP contribution is 2.39. The summed E-state index contributed by atoms with van der Waals surface area (Å²) in [6.07, 6.45) is 4.97. The van der Waals surface area contributed by atoms with Crippen LogP contribution in [0.3, 0.4) is 0 Å². The molecule has 1 aromatic heterocycles. The van der Waals surface area contributed by atoms with E-state index in [-0.39, 0.29) is 45.3 Å². The van der Waals surface area contributed by atoms with Crippen LogP contribution in [0.4, 0.5) is 15.0 Å². The lowest BCUT2D eigenvalue weighted by atomic mass is 10.1. The summed E-state index contributed by atoms with van der Waals surface area (Å²) in [5, 5.41) is 0.777. The Morgan fingerprint density at radius 2 is 1.84 bits per heavy atom. The molecule has 3 aliphatic rings. The van der Waals surface area contributed by atoms with Crippen LogP contribution in [-0.2, 0) is 4.74 Å². The Labute approximate surface area is 236 Å². The highest BCUT2D eigenvalue weighted by molar-refractivity contribution is 9.10. The molecule has 0 radical (unpaired) electrons. The van der Waals surface area contributed by atoms with Crippen LogP contribution in [0, 0.1) is 5.82 Å². The Bertz CT molecular complexity index is 1190. The Morgan fingerprint density at radius 1 is 1.18 bits per heavy atom. The van der Waals surface area contributed by atoms with Gasteiger partial charge in [0.05, 0.1) is 21.6 Å². The van der Waals surface area contributed by atoms with Crippen molar-refractivity contribution in [3.05, 3.63) is 21.4 Å². The van der Waals surface area contributed by atoms with Crippen molar-refractivity contribution in [1.29, 1.82) is 0 Å². The van der Waals surface area contributed by atoms with Gasteiger partial charge in [-0.25, -0.2) is 9.18 Å². The van der Waals surface area contributed by atoms with Gasteiger partial charge in [-0.1, -0.05) is 18.0 Å². The number of aromatic nitrogens is 2. The number of anilines is 1. The number of piperazine rings is 1. The fourth-order valence-corrected chi connectivity index (χ4v) is 6.34. The van der Waals surface area contributed by atoms with E-state index in [4.69, 9.17) is 26.1 Å². The maximum atomic E-state index is 15.4. The molecule has 0 N–H and O–H groups in total. The molecule has 3 unspecified atom stereocenters. The molecule has 2 bridgehead atoms. The molecule has 5 rings (SSSR count). The van der Waals surface area contributed by atoms with Crippen LogP contribution in [-0.4, -0.2) is 82.4 Å². The zero-order valence-electron chi connectivity index (χ0n) is 22.5. The lowest BCUT2D eigenvalue weighted by Gasteiger charge is -2.42. The monoisotopic (exact) mass is 611 g/mol. The summed E-state index contributed by atoms with van der Waals surface area (Å²) in [6, 6.07) is 1.80. The quantitative estimate of drug-likeness (QED) is 0.382. The van der Waals surface area contributed by atoms with Gasteiger partial charge in [-0.2, -0.15) is 9.97 Å². The van der Waals surface area contributed by atoms with Crippen LogP contribution in [0.5, 0.6) is 6.01 Å². The number of piperidine rings is 1. The van der Waals surface area contributed by atoms with Crippen LogP contribution in [0.15, 0.2) is 10.5 Å². The number of likely N-dealkylation sites (tertiary alicyclic amines) is 1. The fourth-order valence-electron chi connectivity index (χ4n) is 5.84. The van der Waals surface area contributed by atoms with E-state index in [0.29, 0.717) is 24.3 Å². The number of halogens is 3. The van der Waals surface area contributed by atoms with Crippen molar-refractivity contribution in [3.63, 3.8) is 0 Å². The Kier molecular flexibility index (Phi) is 7.95. The number of fused-ring (bicyclic) bond motifs is 3. The molecule has 2 aromatic rings. The number of benzene rings is 1. The molecular weight excluding hydrogens is 577 g/mol. The Hall–Kier alpha value is -1.91. The zero-order valence-corrected chi connectivity index (χ0v) is 24.8. The van der Waals surface area contributed by atoms with Gasteiger partial charge in [0.25, 0.3) is 0 Å². The lowest BCUT2D eigenvalue weighted by molar-refractivity contribution is 0.0122.